The van der Waals surface area contributed by atoms with Crippen molar-refractivity contribution in [2.24, 2.45) is 0 Å². The summed E-state index contributed by atoms with van der Waals surface area (Å²) >= 11 is 5.81. The molecule has 0 atom stereocenters. The number of nitro groups is 1. The molecule has 0 radical (unpaired) electrons. The van der Waals surface area contributed by atoms with Gasteiger partial charge in [-0.15, -0.1) is 0 Å². The molecule has 0 amide bonds. The molecule has 1 N–H and O–H groups in total. The van der Waals surface area contributed by atoms with E-state index in [1.807, 2.05) is 16.9 Å². The van der Waals surface area contributed by atoms with Crippen LogP contribution in [0.15, 0.2) is 30.5 Å². The van der Waals surface area contributed by atoms with Gasteiger partial charge in [0.1, 0.15) is 5.69 Å². The Morgan fingerprint density at radius 1 is 1.36 bits per heavy atom. The molecular formula is C15H17ClN4O2. The summed E-state index contributed by atoms with van der Waals surface area (Å²) in [5.74, 6) is 0. The Morgan fingerprint density at radius 3 is 2.86 bits per heavy atom. The third-order valence-electron chi connectivity index (χ3n) is 3.98. The Bertz CT molecular complexity index is 680. The lowest BCUT2D eigenvalue weighted by Crippen LogP contribution is -2.07. The quantitative estimate of drug-likeness (QED) is 0.662. The van der Waals surface area contributed by atoms with Crippen molar-refractivity contribution in [3.05, 3.63) is 51.3 Å². The van der Waals surface area contributed by atoms with Crippen LogP contribution in [0.3, 0.4) is 0 Å². The van der Waals surface area contributed by atoms with Gasteiger partial charge in [-0.25, -0.2) is 0 Å². The zero-order valence-electron chi connectivity index (χ0n) is 12.0. The van der Waals surface area contributed by atoms with Crippen LogP contribution in [-0.2, 0) is 6.54 Å². The van der Waals surface area contributed by atoms with E-state index < -0.39 is 4.92 Å². The Morgan fingerprint density at radius 2 is 2.14 bits per heavy atom. The van der Waals surface area contributed by atoms with E-state index in [0.29, 0.717) is 23.3 Å². The SMILES string of the molecule is O=[N+]([O-])c1cc(Cl)ccc1NCc1ccn(C2CCCC2)n1. The number of aromatic nitrogens is 2. The highest BCUT2D eigenvalue weighted by Gasteiger charge is 2.18. The van der Waals surface area contributed by atoms with Gasteiger partial charge in [0.2, 0.25) is 0 Å². The first-order valence-electron chi connectivity index (χ1n) is 7.35. The maximum atomic E-state index is 11.1. The maximum Gasteiger partial charge on any atom is 0.293 e. The van der Waals surface area contributed by atoms with Crippen molar-refractivity contribution in [2.75, 3.05) is 5.32 Å². The lowest BCUT2D eigenvalue weighted by atomic mass is 10.2. The van der Waals surface area contributed by atoms with Gasteiger partial charge < -0.3 is 5.32 Å². The Labute approximate surface area is 133 Å². The average molecular weight is 321 g/mol. The number of rotatable bonds is 5. The lowest BCUT2D eigenvalue weighted by Gasteiger charge is -2.09. The minimum Gasteiger partial charge on any atom is -0.374 e. The predicted molar refractivity (Wildman–Crippen MR) is 85.2 cm³/mol. The minimum atomic E-state index is -0.439. The number of halogens is 1. The topological polar surface area (TPSA) is 73.0 Å². The molecule has 1 aromatic heterocycles. The van der Waals surface area contributed by atoms with E-state index >= 15 is 0 Å². The zero-order valence-corrected chi connectivity index (χ0v) is 12.8. The Kier molecular flexibility index (Phi) is 4.29. The van der Waals surface area contributed by atoms with E-state index in [4.69, 9.17) is 11.6 Å². The summed E-state index contributed by atoms with van der Waals surface area (Å²) < 4.78 is 2.01. The van der Waals surface area contributed by atoms with E-state index in [2.05, 4.69) is 10.4 Å². The summed E-state index contributed by atoms with van der Waals surface area (Å²) in [4.78, 5) is 10.6. The van der Waals surface area contributed by atoms with Crippen molar-refractivity contribution >= 4 is 23.0 Å². The molecule has 2 aromatic rings. The summed E-state index contributed by atoms with van der Waals surface area (Å²) in [6, 6.07) is 7.05. The molecule has 1 aliphatic rings. The normalized spacial score (nSPS) is 15.1. The van der Waals surface area contributed by atoms with Crippen molar-refractivity contribution in [2.45, 2.75) is 38.3 Å². The van der Waals surface area contributed by atoms with E-state index in [0.717, 1.165) is 5.69 Å². The fourth-order valence-electron chi connectivity index (χ4n) is 2.83. The van der Waals surface area contributed by atoms with Gasteiger partial charge in [-0.05, 0) is 31.0 Å². The fourth-order valence-corrected chi connectivity index (χ4v) is 3.00. The second kappa shape index (κ2) is 6.36. The van der Waals surface area contributed by atoms with Crippen LogP contribution in [0.1, 0.15) is 37.4 Å². The lowest BCUT2D eigenvalue weighted by molar-refractivity contribution is -0.383. The third kappa shape index (κ3) is 3.22. The van der Waals surface area contributed by atoms with Gasteiger partial charge in [0.25, 0.3) is 5.69 Å². The van der Waals surface area contributed by atoms with Crippen molar-refractivity contribution in [1.29, 1.82) is 0 Å². The standard InChI is InChI=1S/C15H17ClN4O2/c16-11-5-6-14(15(9-11)20(21)22)17-10-12-7-8-19(18-12)13-3-1-2-4-13/h5-9,13,17H,1-4,10H2. The number of hydrogen-bond acceptors (Lipinski definition) is 4. The van der Waals surface area contributed by atoms with Crippen molar-refractivity contribution in [3.8, 4) is 0 Å². The van der Waals surface area contributed by atoms with Gasteiger partial charge in [-0.1, -0.05) is 24.4 Å². The smallest absolute Gasteiger partial charge is 0.293 e. The highest BCUT2D eigenvalue weighted by Crippen LogP contribution is 2.30. The summed E-state index contributed by atoms with van der Waals surface area (Å²) in [6.45, 7) is 0.447. The van der Waals surface area contributed by atoms with Crippen LogP contribution in [0.4, 0.5) is 11.4 Å². The van der Waals surface area contributed by atoms with Gasteiger partial charge in [0.15, 0.2) is 0 Å². The first-order valence-corrected chi connectivity index (χ1v) is 7.73. The third-order valence-corrected chi connectivity index (χ3v) is 4.21. The molecule has 0 aliphatic heterocycles. The second-order valence-electron chi connectivity index (χ2n) is 5.50. The summed E-state index contributed by atoms with van der Waals surface area (Å²) in [5.41, 5.74) is 1.30. The number of anilines is 1. The monoisotopic (exact) mass is 320 g/mol. The molecular weight excluding hydrogens is 304 g/mol. The largest absolute Gasteiger partial charge is 0.374 e. The molecule has 0 spiro atoms. The number of nitrogens with one attached hydrogen (secondary N) is 1. The summed E-state index contributed by atoms with van der Waals surface area (Å²) in [5, 5.41) is 19.0. The molecule has 22 heavy (non-hydrogen) atoms. The van der Waals surface area contributed by atoms with Crippen molar-refractivity contribution in [1.82, 2.24) is 9.78 Å². The first kappa shape index (κ1) is 14.8. The molecule has 0 saturated heterocycles. The highest BCUT2D eigenvalue weighted by molar-refractivity contribution is 6.30. The molecule has 3 rings (SSSR count). The van der Waals surface area contributed by atoms with Crippen LogP contribution in [0, 0.1) is 10.1 Å². The molecule has 1 saturated carbocycles. The van der Waals surface area contributed by atoms with Crippen LogP contribution < -0.4 is 5.32 Å². The average Bonchev–Trinajstić information content (AvgIpc) is 3.16. The van der Waals surface area contributed by atoms with Gasteiger partial charge in [-0.3, -0.25) is 14.8 Å². The van der Waals surface area contributed by atoms with E-state index in [-0.39, 0.29) is 5.69 Å². The molecule has 1 fully saturated rings. The van der Waals surface area contributed by atoms with Crippen LogP contribution in [0.25, 0.3) is 0 Å². The number of hydrogen-bond donors (Lipinski definition) is 1. The molecule has 7 heteroatoms. The van der Waals surface area contributed by atoms with Crippen LogP contribution in [-0.4, -0.2) is 14.7 Å². The van der Waals surface area contributed by atoms with Gasteiger partial charge in [0, 0.05) is 17.3 Å². The molecule has 0 bridgehead atoms. The van der Waals surface area contributed by atoms with E-state index in [1.54, 1.807) is 12.1 Å². The Balaban J connectivity index is 1.69. The van der Waals surface area contributed by atoms with Crippen molar-refractivity contribution in [3.63, 3.8) is 0 Å². The zero-order chi connectivity index (χ0) is 15.5. The van der Waals surface area contributed by atoms with Crippen LogP contribution in [0.5, 0.6) is 0 Å². The minimum absolute atomic E-state index is 0.0253. The molecule has 1 heterocycles. The fraction of sp³-hybridized carbons (Fsp3) is 0.400. The molecule has 116 valence electrons. The molecule has 1 aliphatic carbocycles. The predicted octanol–water partition coefficient (Wildman–Crippen LogP) is 4.17. The highest BCUT2D eigenvalue weighted by atomic mass is 35.5. The van der Waals surface area contributed by atoms with Gasteiger partial charge >= 0.3 is 0 Å². The summed E-state index contributed by atoms with van der Waals surface area (Å²) in [6.07, 6.45) is 6.86. The van der Waals surface area contributed by atoms with Gasteiger partial charge in [0.05, 0.1) is 23.2 Å². The van der Waals surface area contributed by atoms with E-state index in [1.165, 1.54) is 31.7 Å². The molecule has 0 unspecified atom stereocenters. The van der Waals surface area contributed by atoms with Crippen LogP contribution in [0.2, 0.25) is 5.02 Å². The maximum absolute atomic E-state index is 11.1. The molecule has 6 nitrogen and oxygen atoms in total. The summed E-state index contributed by atoms with van der Waals surface area (Å²) in [7, 11) is 0. The van der Waals surface area contributed by atoms with Crippen LogP contribution >= 0.6 is 11.6 Å². The number of nitrogens with zero attached hydrogens (tertiary/aromatic N) is 3. The second-order valence-corrected chi connectivity index (χ2v) is 5.93. The number of benzene rings is 1. The molecule has 1 aromatic carbocycles. The van der Waals surface area contributed by atoms with Gasteiger partial charge in [-0.2, -0.15) is 5.10 Å². The Hall–Kier alpha value is -2.08. The number of nitro benzene ring substituents is 1. The van der Waals surface area contributed by atoms with E-state index in [9.17, 15) is 10.1 Å². The first-order chi connectivity index (χ1) is 10.6. The van der Waals surface area contributed by atoms with Crippen molar-refractivity contribution < 1.29 is 4.92 Å².